The van der Waals surface area contributed by atoms with Crippen LogP contribution in [-0.4, -0.2) is 50.8 Å². The fourth-order valence-corrected chi connectivity index (χ4v) is 3.68. The van der Waals surface area contributed by atoms with E-state index in [1.54, 1.807) is 44.2 Å². The Hall–Kier alpha value is -4.55. The van der Waals surface area contributed by atoms with Crippen molar-refractivity contribution in [1.29, 1.82) is 0 Å². The molecule has 206 valence electrons. The molecule has 3 aromatic rings. The van der Waals surface area contributed by atoms with Crippen molar-refractivity contribution in [3.05, 3.63) is 76.1 Å². The zero-order valence-corrected chi connectivity index (χ0v) is 21.9. The Morgan fingerprint density at radius 1 is 1.18 bits per heavy atom. The molecule has 39 heavy (non-hydrogen) atoms. The second-order valence-corrected chi connectivity index (χ2v) is 8.94. The van der Waals surface area contributed by atoms with Gasteiger partial charge in [-0.3, -0.25) is 9.78 Å². The molecular weight excluding hydrogens is 530 g/mol. The molecule has 0 bridgehead atoms. The van der Waals surface area contributed by atoms with Gasteiger partial charge in [-0.15, -0.1) is 0 Å². The number of amides is 1. The highest BCUT2D eigenvalue weighted by Crippen LogP contribution is 2.35. The Bertz CT molecular complexity index is 1360. The van der Waals surface area contributed by atoms with Gasteiger partial charge >= 0.3 is 5.97 Å². The fraction of sp³-hybridized carbons (Fsp3) is 0.231. The van der Waals surface area contributed by atoms with Crippen LogP contribution in [0.15, 0.2) is 53.8 Å². The maximum absolute atomic E-state index is 13.1. The molecule has 12 nitrogen and oxygen atoms in total. The van der Waals surface area contributed by atoms with E-state index in [4.69, 9.17) is 37.1 Å². The van der Waals surface area contributed by atoms with Gasteiger partial charge in [0.15, 0.2) is 23.9 Å². The summed E-state index contributed by atoms with van der Waals surface area (Å²) in [6.07, 6.45) is 1.11. The molecule has 0 atom stereocenters. The van der Waals surface area contributed by atoms with Crippen LogP contribution in [0.5, 0.6) is 11.5 Å². The number of aromatic nitrogens is 1. The van der Waals surface area contributed by atoms with Crippen molar-refractivity contribution in [2.75, 3.05) is 17.2 Å². The molecular formula is C26H28ClN5O7. The number of nitrogens with two attached hydrogens (primary N) is 1. The minimum Gasteiger partial charge on any atom is -0.487 e. The predicted octanol–water partition coefficient (Wildman–Crippen LogP) is 3.44. The number of aliphatic hydroxyl groups is 1. The number of hydrogen-bond donors (Lipinski definition) is 6. The highest BCUT2D eigenvalue weighted by molar-refractivity contribution is 6.31. The Labute approximate surface area is 229 Å². The number of nitrogens with one attached hydrogen (secondary N) is 2. The molecule has 0 saturated carbocycles. The third-order valence-corrected chi connectivity index (χ3v) is 5.40. The van der Waals surface area contributed by atoms with Crippen LogP contribution in [0.25, 0.3) is 0 Å². The van der Waals surface area contributed by atoms with Crippen molar-refractivity contribution in [2.24, 2.45) is 10.9 Å². The molecule has 1 aromatic heterocycles. The van der Waals surface area contributed by atoms with Gasteiger partial charge in [-0.2, -0.15) is 0 Å². The molecule has 0 aliphatic rings. The number of carboxylic acid groups (broad SMARTS) is 1. The van der Waals surface area contributed by atoms with Crippen molar-refractivity contribution in [1.82, 2.24) is 4.98 Å². The maximum Gasteiger partial charge on any atom is 0.341 e. The number of oxime groups is 1. The topological polar surface area (TPSA) is 189 Å². The number of ether oxygens (including phenoxy) is 2. The Balaban J connectivity index is 1.89. The molecule has 13 heteroatoms. The van der Waals surface area contributed by atoms with E-state index >= 15 is 0 Å². The lowest BCUT2D eigenvalue weighted by atomic mass is 10.1. The Morgan fingerprint density at radius 3 is 2.56 bits per heavy atom. The van der Waals surface area contributed by atoms with Crippen LogP contribution < -0.4 is 25.8 Å². The van der Waals surface area contributed by atoms with E-state index in [0.29, 0.717) is 27.5 Å². The number of rotatable bonds is 12. The van der Waals surface area contributed by atoms with Crippen LogP contribution in [-0.2, 0) is 17.9 Å². The lowest BCUT2D eigenvalue weighted by Gasteiger charge is -2.20. The Kier molecular flexibility index (Phi) is 9.90. The van der Waals surface area contributed by atoms with Crippen LogP contribution in [0.4, 0.5) is 11.4 Å². The van der Waals surface area contributed by atoms with Crippen LogP contribution in [0.1, 0.15) is 41.0 Å². The number of aliphatic carboxylic acids is 1. The normalized spacial score (nSPS) is 11.3. The first-order chi connectivity index (χ1) is 18.6. The average molecular weight is 558 g/mol. The summed E-state index contributed by atoms with van der Waals surface area (Å²) in [5.74, 6) is -1.35. The van der Waals surface area contributed by atoms with Gasteiger partial charge in [0.25, 0.3) is 5.91 Å². The van der Waals surface area contributed by atoms with E-state index in [-0.39, 0.29) is 47.8 Å². The van der Waals surface area contributed by atoms with Crippen molar-refractivity contribution in [2.45, 2.75) is 33.1 Å². The molecule has 0 radical (unpaired) electrons. The van der Waals surface area contributed by atoms with Crippen LogP contribution in [0, 0.1) is 0 Å². The fourth-order valence-electron chi connectivity index (χ4n) is 3.50. The summed E-state index contributed by atoms with van der Waals surface area (Å²) in [4.78, 5) is 28.3. The van der Waals surface area contributed by atoms with Gasteiger partial charge in [0.1, 0.15) is 5.69 Å². The lowest BCUT2D eigenvalue weighted by molar-refractivity contribution is -0.139. The molecule has 7 N–H and O–H groups in total. The van der Waals surface area contributed by atoms with Crippen LogP contribution in [0.3, 0.4) is 0 Å². The molecule has 0 unspecified atom stereocenters. The molecule has 0 aliphatic carbocycles. The van der Waals surface area contributed by atoms with Crippen molar-refractivity contribution in [3.8, 4) is 11.5 Å². The molecule has 1 amide bonds. The Morgan fingerprint density at radius 2 is 1.95 bits per heavy atom. The largest absolute Gasteiger partial charge is 0.487 e. The number of hydrogen-bond acceptors (Lipinski definition) is 9. The van der Waals surface area contributed by atoms with Crippen molar-refractivity contribution < 1.29 is 34.5 Å². The summed E-state index contributed by atoms with van der Waals surface area (Å²) in [6.45, 7) is 2.83. The first-order valence-corrected chi connectivity index (χ1v) is 12.1. The minimum atomic E-state index is -1.17. The maximum atomic E-state index is 13.1. The van der Waals surface area contributed by atoms with E-state index < -0.39 is 18.5 Å². The number of amidine groups is 1. The van der Waals surface area contributed by atoms with Gasteiger partial charge in [0, 0.05) is 22.8 Å². The average Bonchev–Trinajstić information content (AvgIpc) is 2.90. The highest BCUT2D eigenvalue weighted by Gasteiger charge is 2.18. The van der Waals surface area contributed by atoms with E-state index in [0.717, 1.165) is 0 Å². The highest BCUT2D eigenvalue weighted by atomic mass is 35.5. The van der Waals surface area contributed by atoms with Gasteiger partial charge in [-0.1, -0.05) is 16.8 Å². The third kappa shape index (κ3) is 7.97. The SMILES string of the molecule is CC(C)Oc1cc(CO)cc(CNc2ccc(Cl)cc2C(=O)Nc2ccc(/C(N)=N/O)nc2)c1OCC(=O)O. The van der Waals surface area contributed by atoms with E-state index in [1.165, 1.54) is 18.3 Å². The number of carbonyl (C=O) groups is 2. The lowest BCUT2D eigenvalue weighted by Crippen LogP contribution is -2.17. The number of carboxylic acids is 1. The van der Waals surface area contributed by atoms with E-state index in [2.05, 4.69) is 20.8 Å². The number of carbonyl (C=O) groups excluding carboxylic acids is 1. The zero-order valence-electron chi connectivity index (χ0n) is 21.1. The first-order valence-electron chi connectivity index (χ1n) is 11.7. The number of aliphatic hydroxyl groups excluding tert-OH is 1. The van der Waals surface area contributed by atoms with Crippen LogP contribution in [0.2, 0.25) is 5.02 Å². The summed E-state index contributed by atoms with van der Waals surface area (Å²) in [5.41, 5.74) is 7.77. The number of pyridine rings is 1. The molecule has 0 spiro atoms. The van der Waals surface area contributed by atoms with Gasteiger partial charge < -0.3 is 41.3 Å². The zero-order chi connectivity index (χ0) is 28.5. The monoisotopic (exact) mass is 557 g/mol. The number of halogens is 1. The molecule has 0 aliphatic heterocycles. The first kappa shape index (κ1) is 29.0. The molecule has 0 saturated heterocycles. The third-order valence-electron chi connectivity index (χ3n) is 5.16. The standard InChI is InChI=1S/C26H28ClN5O7/c1-14(2)39-22-8-15(12-33)7-16(24(22)38-13-23(34)35)10-29-20-5-3-17(27)9-19(20)26(36)31-18-4-6-21(30-11-18)25(28)32-37/h3-9,11,14,29,33,37H,10,12-13H2,1-2H3,(H2,28,32)(H,31,36)(H,34,35). The van der Waals surface area contributed by atoms with Gasteiger partial charge in [0.2, 0.25) is 0 Å². The summed E-state index contributed by atoms with van der Waals surface area (Å²) in [5, 5.41) is 36.7. The minimum absolute atomic E-state index is 0.0924. The van der Waals surface area contributed by atoms with Crippen molar-refractivity contribution in [3.63, 3.8) is 0 Å². The second-order valence-electron chi connectivity index (χ2n) is 8.50. The molecule has 1 heterocycles. The molecule has 2 aromatic carbocycles. The van der Waals surface area contributed by atoms with Gasteiger partial charge in [-0.25, -0.2) is 4.79 Å². The van der Waals surface area contributed by atoms with E-state index in [9.17, 15) is 14.7 Å². The molecule has 3 rings (SSSR count). The summed E-state index contributed by atoms with van der Waals surface area (Å²) in [7, 11) is 0. The quantitative estimate of drug-likeness (QED) is 0.0832. The van der Waals surface area contributed by atoms with Gasteiger partial charge in [-0.05, 0) is 61.9 Å². The van der Waals surface area contributed by atoms with Crippen LogP contribution >= 0.6 is 11.6 Å². The second kappa shape index (κ2) is 13.3. The summed E-state index contributed by atoms with van der Waals surface area (Å²) < 4.78 is 11.4. The smallest absolute Gasteiger partial charge is 0.341 e. The predicted molar refractivity (Wildman–Crippen MR) is 145 cm³/mol. The van der Waals surface area contributed by atoms with E-state index in [1.807, 2.05) is 0 Å². The summed E-state index contributed by atoms with van der Waals surface area (Å²) in [6, 6.07) is 11.0. The summed E-state index contributed by atoms with van der Waals surface area (Å²) >= 11 is 6.17. The number of benzene rings is 2. The number of nitrogens with zero attached hydrogens (tertiary/aromatic N) is 2. The van der Waals surface area contributed by atoms with Crippen molar-refractivity contribution >= 4 is 40.7 Å². The van der Waals surface area contributed by atoms with Gasteiger partial charge in [0.05, 0.1) is 30.2 Å². The molecule has 0 fully saturated rings. The number of anilines is 2.